The number of rotatable bonds is 0. The first kappa shape index (κ1) is 7.28. The zero-order chi connectivity index (χ0) is 8.79. The summed E-state index contributed by atoms with van der Waals surface area (Å²) in [6.45, 7) is 2.45. The van der Waals surface area contributed by atoms with Crippen molar-refractivity contribution < 1.29 is 5.11 Å². The molecule has 1 heteroatoms. The Kier molecular flexibility index (Phi) is 1.03. The molecular formula is C12H18O. The second-order valence-corrected chi connectivity index (χ2v) is 6.39. The Labute approximate surface area is 79.5 Å². The molecule has 0 aromatic rings. The molecule has 0 radical (unpaired) electrons. The highest BCUT2D eigenvalue weighted by atomic mass is 16.3. The molecule has 0 saturated heterocycles. The van der Waals surface area contributed by atoms with Crippen LogP contribution in [0, 0.1) is 35.0 Å². The zero-order valence-electron chi connectivity index (χ0n) is 8.24. The molecule has 4 aliphatic carbocycles. The van der Waals surface area contributed by atoms with Crippen LogP contribution in [-0.4, -0.2) is 11.2 Å². The van der Waals surface area contributed by atoms with E-state index in [-0.39, 0.29) is 6.10 Å². The van der Waals surface area contributed by atoms with E-state index in [4.69, 9.17) is 0 Å². The first-order chi connectivity index (χ1) is 6.19. The summed E-state index contributed by atoms with van der Waals surface area (Å²) in [5, 5.41) is 10.1. The molecule has 7 atom stereocenters. The second kappa shape index (κ2) is 1.84. The predicted molar refractivity (Wildman–Crippen MR) is 50.0 cm³/mol. The van der Waals surface area contributed by atoms with E-state index in [1.54, 1.807) is 0 Å². The fourth-order valence-corrected chi connectivity index (χ4v) is 5.92. The summed E-state index contributed by atoms with van der Waals surface area (Å²) in [7, 11) is 0. The van der Waals surface area contributed by atoms with E-state index in [9.17, 15) is 5.11 Å². The molecule has 0 aromatic carbocycles. The van der Waals surface area contributed by atoms with Crippen LogP contribution in [0.1, 0.15) is 32.6 Å². The first-order valence-electron chi connectivity index (χ1n) is 5.87. The molecule has 4 aliphatic rings. The first-order valence-corrected chi connectivity index (χ1v) is 5.87. The summed E-state index contributed by atoms with van der Waals surface area (Å²) in [5.74, 6) is 4.70. The van der Waals surface area contributed by atoms with Crippen LogP contribution in [0.2, 0.25) is 0 Å². The molecule has 2 unspecified atom stereocenters. The lowest BCUT2D eigenvalue weighted by atomic mass is 9.67. The highest BCUT2D eigenvalue weighted by Crippen LogP contribution is 2.74. The Balaban J connectivity index is 1.89. The minimum absolute atomic E-state index is 0.0570. The van der Waals surface area contributed by atoms with Gasteiger partial charge in [0.1, 0.15) is 0 Å². The van der Waals surface area contributed by atoms with Crippen molar-refractivity contribution in [3.05, 3.63) is 0 Å². The lowest BCUT2D eigenvalue weighted by molar-refractivity contribution is -0.000431. The van der Waals surface area contributed by atoms with E-state index in [1.165, 1.54) is 19.3 Å². The highest BCUT2D eigenvalue weighted by Gasteiger charge is 2.69. The molecule has 4 fully saturated rings. The van der Waals surface area contributed by atoms with Crippen molar-refractivity contribution in [3.63, 3.8) is 0 Å². The third-order valence-electron chi connectivity index (χ3n) is 5.84. The van der Waals surface area contributed by atoms with Crippen LogP contribution < -0.4 is 0 Å². The molecule has 4 saturated carbocycles. The molecule has 6 bridgehead atoms. The number of hydrogen-bond donors (Lipinski definition) is 1. The highest BCUT2D eigenvalue weighted by molar-refractivity contribution is 5.18. The third-order valence-corrected chi connectivity index (χ3v) is 5.84. The van der Waals surface area contributed by atoms with E-state index in [2.05, 4.69) is 6.92 Å². The lowest BCUT2D eigenvalue weighted by Crippen LogP contribution is -2.37. The Morgan fingerprint density at radius 2 is 2.00 bits per heavy atom. The maximum atomic E-state index is 10.1. The Hall–Kier alpha value is -0.0400. The molecule has 72 valence electrons. The standard InChI is InChI=1S/C12H18O/c1-12-4-7-2-6-3-8(9(13)5-12)10(7)11(6)12/h6-11,13H,2-5H2,1H3/t6-,7?,8-,9-,10?,11+,12-/m0/s1. The van der Waals surface area contributed by atoms with Crippen LogP contribution in [0.15, 0.2) is 0 Å². The van der Waals surface area contributed by atoms with Crippen molar-refractivity contribution in [2.24, 2.45) is 35.0 Å². The topological polar surface area (TPSA) is 20.2 Å². The van der Waals surface area contributed by atoms with E-state index < -0.39 is 0 Å². The van der Waals surface area contributed by atoms with Gasteiger partial charge in [0.15, 0.2) is 0 Å². The van der Waals surface area contributed by atoms with Gasteiger partial charge in [-0.1, -0.05) is 6.92 Å². The largest absolute Gasteiger partial charge is 0.393 e. The van der Waals surface area contributed by atoms with Crippen LogP contribution in [-0.2, 0) is 0 Å². The van der Waals surface area contributed by atoms with E-state index in [1.807, 2.05) is 0 Å². The molecule has 0 heterocycles. The molecule has 0 spiro atoms. The fourth-order valence-electron chi connectivity index (χ4n) is 5.92. The van der Waals surface area contributed by atoms with Crippen molar-refractivity contribution in [3.8, 4) is 0 Å². The molecule has 0 aromatic heterocycles. The van der Waals surface area contributed by atoms with Gasteiger partial charge in [-0.2, -0.15) is 0 Å². The van der Waals surface area contributed by atoms with Gasteiger partial charge in [0.05, 0.1) is 6.10 Å². The van der Waals surface area contributed by atoms with Crippen LogP contribution in [0.4, 0.5) is 0 Å². The van der Waals surface area contributed by atoms with E-state index >= 15 is 0 Å². The molecular weight excluding hydrogens is 160 g/mol. The average molecular weight is 178 g/mol. The van der Waals surface area contributed by atoms with Crippen LogP contribution >= 0.6 is 0 Å². The molecule has 1 nitrogen and oxygen atoms in total. The minimum atomic E-state index is 0.0570. The van der Waals surface area contributed by atoms with Crippen LogP contribution in [0.3, 0.4) is 0 Å². The van der Waals surface area contributed by atoms with Gasteiger partial charge < -0.3 is 5.11 Å². The lowest BCUT2D eigenvalue weighted by Gasteiger charge is -2.39. The molecule has 1 N–H and O–H groups in total. The number of aliphatic hydroxyl groups excluding tert-OH is 1. The smallest absolute Gasteiger partial charge is 0.0576 e. The van der Waals surface area contributed by atoms with E-state index in [0.29, 0.717) is 11.3 Å². The van der Waals surface area contributed by atoms with Gasteiger partial charge in [-0.3, -0.25) is 0 Å². The van der Waals surface area contributed by atoms with Crippen molar-refractivity contribution in [2.45, 2.75) is 38.7 Å². The summed E-state index contributed by atoms with van der Waals surface area (Å²) in [4.78, 5) is 0. The van der Waals surface area contributed by atoms with Gasteiger partial charge in [0, 0.05) is 0 Å². The van der Waals surface area contributed by atoms with Crippen molar-refractivity contribution in [1.82, 2.24) is 0 Å². The minimum Gasteiger partial charge on any atom is -0.393 e. The van der Waals surface area contributed by atoms with Gasteiger partial charge in [-0.15, -0.1) is 0 Å². The van der Waals surface area contributed by atoms with Gasteiger partial charge in [-0.05, 0) is 60.7 Å². The van der Waals surface area contributed by atoms with Crippen LogP contribution in [0.25, 0.3) is 0 Å². The van der Waals surface area contributed by atoms with Gasteiger partial charge in [0.2, 0.25) is 0 Å². The van der Waals surface area contributed by atoms with Crippen molar-refractivity contribution in [2.75, 3.05) is 0 Å². The van der Waals surface area contributed by atoms with Crippen molar-refractivity contribution >= 4 is 0 Å². The monoisotopic (exact) mass is 178 g/mol. The summed E-state index contributed by atoms with van der Waals surface area (Å²) in [5.41, 5.74) is 0.546. The second-order valence-electron chi connectivity index (χ2n) is 6.39. The Bertz CT molecular complexity index is 274. The van der Waals surface area contributed by atoms with Gasteiger partial charge >= 0.3 is 0 Å². The summed E-state index contributed by atoms with van der Waals surface area (Å²) >= 11 is 0. The Morgan fingerprint density at radius 1 is 1.15 bits per heavy atom. The third kappa shape index (κ3) is 0.614. The van der Waals surface area contributed by atoms with Gasteiger partial charge in [0.25, 0.3) is 0 Å². The van der Waals surface area contributed by atoms with E-state index in [0.717, 1.165) is 30.1 Å². The quantitative estimate of drug-likeness (QED) is 0.602. The normalized spacial score (nSPS) is 72.5. The average Bonchev–Trinajstić information content (AvgIpc) is 2.60. The molecule has 0 aliphatic heterocycles. The molecule has 0 amide bonds. The molecule has 13 heavy (non-hydrogen) atoms. The maximum absolute atomic E-state index is 10.1. The Morgan fingerprint density at radius 3 is 2.77 bits per heavy atom. The summed E-state index contributed by atoms with van der Waals surface area (Å²) in [6, 6.07) is 0. The van der Waals surface area contributed by atoms with Gasteiger partial charge in [-0.25, -0.2) is 0 Å². The SMILES string of the molecule is C[C@@]12CC3C[C@H]4C[C@H](C3[C@@H]41)[C@@H](O)C2. The number of hydrogen-bond acceptors (Lipinski definition) is 1. The zero-order valence-corrected chi connectivity index (χ0v) is 8.24. The van der Waals surface area contributed by atoms with Crippen molar-refractivity contribution in [1.29, 1.82) is 0 Å². The molecule has 4 rings (SSSR count). The van der Waals surface area contributed by atoms with Crippen LogP contribution in [0.5, 0.6) is 0 Å². The predicted octanol–water partition coefficient (Wildman–Crippen LogP) is 2.05. The summed E-state index contributed by atoms with van der Waals surface area (Å²) in [6.07, 6.45) is 5.48. The fraction of sp³-hybridized carbons (Fsp3) is 1.00. The maximum Gasteiger partial charge on any atom is 0.0576 e. The summed E-state index contributed by atoms with van der Waals surface area (Å²) < 4.78 is 0. The number of aliphatic hydroxyl groups is 1.